The SMILES string of the molecule is C=C(CNS(C)(=O)=O)C(=O)NCc1cc(-c2cncnc2Nc2ccc(OCc3ccccn3)c(Cl)c2)on1. The molecule has 0 spiro atoms. The molecular formula is C25H24ClN7O5S. The van der Waals surface area contributed by atoms with Gasteiger partial charge in [-0.25, -0.2) is 23.1 Å². The van der Waals surface area contributed by atoms with Crippen LogP contribution in [0.4, 0.5) is 11.5 Å². The number of nitrogens with zero attached hydrogens (tertiary/aromatic N) is 4. The van der Waals surface area contributed by atoms with Gasteiger partial charge in [0.25, 0.3) is 0 Å². The average Bonchev–Trinajstić information content (AvgIpc) is 3.39. The summed E-state index contributed by atoms with van der Waals surface area (Å²) >= 11 is 6.43. The van der Waals surface area contributed by atoms with Gasteiger partial charge in [0, 0.05) is 36.3 Å². The molecule has 0 fully saturated rings. The van der Waals surface area contributed by atoms with Crippen molar-refractivity contribution in [3.63, 3.8) is 0 Å². The lowest BCUT2D eigenvalue weighted by Crippen LogP contribution is -2.31. The first-order valence-corrected chi connectivity index (χ1v) is 13.7. The fourth-order valence-electron chi connectivity index (χ4n) is 3.19. The van der Waals surface area contributed by atoms with Crippen LogP contribution in [0.3, 0.4) is 0 Å². The van der Waals surface area contributed by atoms with E-state index in [2.05, 4.69) is 42.0 Å². The van der Waals surface area contributed by atoms with Crippen LogP contribution < -0.4 is 20.1 Å². The van der Waals surface area contributed by atoms with Crippen LogP contribution in [0.2, 0.25) is 5.02 Å². The van der Waals surface area contributed by atoms with Gasteiger partial charge in [0.1, 0.15) is 30.2 Å². The third kappa shape index (κ3) is 8.07. The number of hydrogen-bond donors (Lipinski definition) is 3. The normalized spacial score (nSPS) is 11.1. The van der Waals surface area contributed by atoms with E-state index in [1.807, 2.05) is 18.2 Å². The number of carbonyl (C=O) groups is 1. The van der Waals surface area contributed by atoms with Crippen molar-refractivity contribution in [3.05, 3.63) is 89.7 Å². The minimum absolute atomic E-state index is 0.0340. The molecule has 3 heterocycles. The number of sulfonamides is 1. The number of benzene rings is 1. The number of anilines is 2. The molecule has 1 amide bonds. The molecule has 14 heteroatoms. The van der Waals surface area contributed by atoms with Crippen molar-refractivity contribution in [2.45, 2.75) is 13.2 Å². The molecule has 0 atom stereocenters. The summed E-state index contributed by atoms with van der Waals surface area (Å²) < 4.78 is 35.8. The van der Waals surface area contributed by atoms with Gasteiger partial charge in [-0.2, -0.15) is 0 Å². The minimum Gasteiger partial charge on any atom is -0.486 e. The third-order valence-electron chi connectivity index (χ3n) is 5.13. The van der Waals surface area contributed by atoms with Crippen molar-refractivity contribution in [2.75, 3.05) is 18.1 Å². The fourth-order valence-corrected chi connectivity index (χ4v) is 3.87. The number of halogens is 1. The Morgan fingerprint density at radius 2 is 2.00 bits per heavy atom. The first-order valence-electron chi connectivity index (χ1n) is 11.4. The Labute approximate surface area is 229 Å². The van der Waals surface area contributed by atoms with Gasteiger partial charge in [-0.3, -0.25) is 9.78 Å². The lowest BCUT2D eigenvalue weighted by molar-refractivity contribution is -0.117. The largest absolute Gasteiger partial charge is 0.486 e. The highest BCUT2D eigenvalue weighted by Crippen LogP contribution is 2.32. The Morgan fingerprint density at radius 3 is 2.74 bits per heavy atom. The second-order valence-electron chi connectivity index (χ2n) is 8.23. The van der Waals surface area contributed by atoms with E-state index in [1.165, 1.54) is 6.33 Å². The van der Waals surface area contributed by atoms with Crippen LogP contribution in [0.1, 0.15) is 11.4 Å². The molecule has 0 bridgehead atoms. The highest BCUT2D eigenvalue weighted by Gasteiger charge is 2.15. The summed E-state index contributed by atoms with van der Waals surface area (Å²) in [6.45, 7) is 3.70. The minimum atomic E-state index is -3.44. The van der Waals surface area contributed by atoms with E-state index in [4.69, 9.17) is 20.9 Å². The molecule has 0 aliphatic carbocycles. The van der Waals surface area contributed by atoms with E-state index in [9.17, 15) is 13.2 Å². The van der Waals surface area contributed by atoms with Crippen molar-refractivity contribution in [1.82, 2.24) is 30.1 Å². The van der Waals surface area contributed by atoms with Crippen LogP contribution in [0.15, 0.2) is 77.9 Å². The molecule has 0 aliphatic rings. The van der Waals surface area contributed by atoms with Crippen molar-refractivity contribution in [2.24, 2.45) is 0 Å². The number of amides is 1. The summed E-state index contributed by atoms with van der Waals surface area (Å²) in [5.41, 5.74) is 2.43. The molecule has 0 saturated heterocycles. The molecule has 4 rings (SSSR count). The summed E-state index contributed by atoms with van der Waals surface area (Å²) in [5.74, 6) is 0.787. The van der Waals surface area contributed by atoms with E-state index in [0.717, 1.165) is 11.9 Å². The summed E-state index contributed by atoms with van der Waals surface area (Å²) in [5, 5.41) is 10.2. The average molecular weight is 570 g/mol. The van der Waals surface area contributed by atoms with E-state index in [0.29, 0.717) is 39.3 Å². The second-order valence-corrected chi connectivity index (χ2v) is 10.5. The Kier molecular flexibility index (Phi) is 8.86. The molecule has 0 saturated carbocycles. The van der Waals surface area contributed by atoms with Gasteiger partial charge in [0.05, 0.1) is 29.1 Å². The molecule has 3 N–H and O–H groups in total. The summed E-state index contributed by atoms with van der Waals surface area (Å²) in [4.78, 5) is 24.8. The van der Waals surface area contributed by atoms with Crippen LogP contribution in [0, 0.1) is 0 Å². The number of hydrogen-bond acceptors (Lipinski definition) is 10. The van der Waals surface area contributed by atoms with Gasteiger partial charge in [-0.15, -0.1) is 0 Å². The lowest BCUT2D eigenvalue weighted by atomic mass is 10.2. The van der Waals surface area contributed by atoms with Gasteiger partial charge in [0.2, 0.25) is 15.9 Å². The fraction of sp³-hybridized carbons (Fsp3) is 0.160. The lowest BCUT2D eigenvalue weighted by Gasteiger charge is -2.11. The number of aromatic nitrogens is 4. The second kappa shape index (κ2) is 12.5. The molecule has 1 aromatic carbocycles. The summed E-state index contributed by atoms with van der Waals surface area (Å²) in [6.07, 6.45) is 5.63. The third-order valence-corrected chi connectivity index (χ3v) is 6.10. The van der Waals surface area contributed by atoms with Crippen molar-refractivity contribution >= 4 is 39.0 Å². The van der Waals surface area contributed by atoms with E-state index in [-0.39, 0.29) is 25.3 Å². The van der Waals surface area contributed by atoms with Crippen LogP contribution >= 0.6 is 11.6 Å². The van der Waals surface area contributed by atoms with Crippen molar-refractivity contribution < 1.29 is 22.5 Å². The zero-order chi connectivity index (χ0) is 27.8. The number of carbonyl (C=O) groups excluding carboxylic acids is 1. The van der Waals surface area contributed by atoms with Gasteiger partial charge in [-0.05, 0) is 30.3 Å². The first kappa shape index (κ1) is 27.7. The first-order chi connectivity index (χ1) is 18.7. The summed E-state index contributed by atoms with van der Waals surface area (Å²) in [7, 11) is -3.44. The van der Waals surface area contributed by atoms with Gasteiger partial charge >= 0.3 is 0 Å². The maximum absolute atomic E-state index is 12.2. The highest BCUT2D eigenvalue weighted by molar-refractivity contribution is 7.88. The van der Waals surface area contributed by atoms with Gasteiger partial charge in [0.15, 0.2) is 5.76 Å². The smallest absolute Gasteiger partial charge is 0.248 e. The predicted molar refractivity (Wildman–Crippen MR) is 145 cm³/mol. The molecule has 39 heavy (non-hydrogen) atoms. The summed E-state index contributed by atoms with van der Waals surface area (Å²) in [6, 6.07) is 12.4. The molecule has 4 aromatic rings. The topological polar surface area (TPSA) is 161 Å². The molecule has 12 nitrogen and oxygen atoms in total. The zero-order valence-electron chi connectivity index (χ0n) is 20.7. The maximum Gasteiger partial charge on any atom is 0.248 e. The van der Waals surface area contributed by atoms with E-state index >= 15 is 0 Å². The van der Waals surface area contributed by atoms with Crippen LogP contribution in [0.5, 0.6) is 5.75 Å². The van der Waals surface area contributed by atoms with Gasteiger partial charge < -0.3 is 19.9 Å². The van der Waals surface area contributed by atoms with Gasteiger partial charge in [-0.1, -0.05) is 29.4 Å². The van der Waals surface area contributed by atoms with Crippen LogP contribution in [-0.4, -0.2) is 47.2 Å². The quantitative estimate of drug-likeness (QED) is 0.216. The van der Waals surface area contributed by atoms with E-state index < -0.39 is 15.9 Å². The Hall–Kier alpha value is -4.33. The number of rotatable bonds is 12. The molecule has 0 unspecified atom stereocenters. The highest BCUT2D eigenvalue weighted by atomic mass is 35.5. The standard InChI is InChI=1S/C25H24ClN7O5S/c1-16(11-31-39(2,35)36)25(34)29-12-19-10-23(38-33-19)20-13-27-15-30-24(20)32-17-6-7-22(21(26)9-17)37-14-18-5-3-4-8-28-18/h3-10,13,15,31H,1,11-12,14H2,2H3,(H,29,34)(H,27,30,32). The maximum atomic E-state index is 12.2. The van der Waals surface area contributed by atoms with E-state index in [1.54, 1.807) is 36.7 Å². The Balaban J connectivity index is 1.39. The number of nitrogens with one attached hydrogen (secondary N) is 3. The van der Waals surface area contributed by atoms with Crippen molar-refractivity contribution in [1.29, 1.82) is 0 Å². The molecule has 202 valence electrons. The molecule has 3 aromatic heterocycles. The van der Waals surface area contributed by atoms with Crippen LogP contribution in [0.25, 0.3) is 11.3 Å². The van der Waals surface area contributed by atoms with Crippen molar-refractivity contribution in [3.8, 4) is 17.1 Å². The Bertz CT molecular complexity index is 1580. The molecule has 0 aliphatic heterocycles. The Morgan fingerprint density at radius 1 is 1.15 bits per heavy atom. The monoisotopic (exact) mass is 569 g/mol. The molecular weight excluding hydrogens is 546 g/mol. The predicted octanol–water partition coefficient (Wildman–Crippen LogP) is 3.22. The van der Waals surface area contributed by atoms with Crippen LogP contribution in [-0.2, 0) is 28.0 Å². The number of ether oxygens (including phenoxy) is 1. The zero-order valence-corrected chi connectivity index (χ0v) is 22.3. The number of pyridine rings is 1. The molecule has 0 radical (unpaired) electrons.